The summed E-state index contributed by atoms with van der Waals surface area (Å²) in [6.07, 6.45) is 6.15. The molecule has 0 radical (unpaired) electrons. The Bertz CT molecular complexity index is 982. The quantitative estimate of drug-likeness (QED) is 0.440. The lowest BCUT2D eigenvalue weighted by Gasteiger charge is -2.21. The molecule has 148 valence electrons. The lowest BCUT2D eigenvalue weighted by molar-refractivity contribution is 0.587. The van der Waals surface area contributed by atoms with Crippen molar-refractivity contribution in [1.82, 2.24) is 9.97 Å². The number of hydrogen-bond donors (Lipinski definition) is 2. The highest BCUT2D eigenvalue weighted by Gasteiger charge is 2.18. The fourth-order valence-electron chi connectivity index (χ4n) is 3.59. The number of aromatic nitrogens is 2. The number of fused-ring (bicyclic) bond motifs is 1. The van der Waals surface area contributed by atoms with Gasteiger partial charge in [-0.15, -0.1) is 0 Å². The Morgan fingerprint density at radius 1 is 1.11 bits per heavy atom. The highest BCUT2D eigenvalue weighted by Crippen LogP contribution is 2.37. The first-order chi connectivity index (χ1) is 13.4. The van der Waals surface area contributed by atoms with Gasteiger partial charge in [0.25, 0.3) is 0 Å². The zero-order chi connectivity index (χ0) is 20.3. The maximum atomic E-state index is 6.45. The number of benzene rings is 1. The Balaban J connectivity index is 2.19. The van der Waals surface area contributed by atoms with E-state index in [4.69, 9.17) is 33.9 Å². The average molecular weight is 417 g/mol. The standard InChI is InChI=1S/C22H26Cl2N4/c1-4-6-15(7-5-2)28-19-10-13(3)27-22-20(19)18(25)12-26-21(22)16-9-8-14(23)11-17(16)24/h8-12,15H,4-7,25H2,1-3H3,(H,27,28). The number of rotatable bonds is 7. The van der Waals surface area contributed by atoms with Gasteiger partial charge in [-0.25, -0.2) is 0 Å². The summed E-state index contributed by atoms with van der Waals surface area (Å²) in [6, 6.07) is 7.85. The third-order valence-electron chi connectivity index (χ3n) is 4.81. The van der Waals surface area contributed by atoms with E-state index in [0.29, 0.717) is 27.5 Å². The number of halogens is 2. The van der Waals surface area contributed by atoms with Gasteiger partial charge in [0.05, 0.1) is 28.0 Å². The van der Waals surface area contributed by atoms with Crippen LogP contribution in [0.5, 0.6) is 0 Å². The number of nitrogens with one attached hydrogen (secondary N) is 1. The monoisotopic (exact) mass is 416 g/mol. The number of nitrogens with zero attached hydrogens (tertiary/aromatic N) is 2. The summed E-state index contributed by atoms with van der Waals surface area (Å²) in [4.78, 5) is 9.32. The van der Waals surface area contributed by atoms with Gasteiger partial charge < -0.3 is 11.1 Å². The van der Waals surface area contributed by atoms with E-state index < -0.39 is 0 Å². The maximum Gasteiger partial charge on any atom is 0.101 e. The van der Waals surface area contributed by atoms with Crippen molar-refractivity contribution in [3.63, 3.8) is 0 Å². The topological polar surface area (TPSA) is 63.8 Å². The molecule has 2 heterocycles. The number of nitrogens with two attached hydrogens (primary N) is 1. The number of aryl methyl sites for hydroxylation is 1. The van der Waals surface area contributed by atoms with Crippen LogP contribution in [-0.2, 0) is 0 Å². The number of hydrogen-bond acceptors (Lipinski definition) is 4. The molecule has 1 aromatic carbocycles. The van der Waals surface area contributed by atoms with E-state index in [0.717, 1.165) is 53.5 Å². The van der Waals surface area contributed by atoms with Crippen molar-refractivity contribution in [1.29, 1.82) is 0 Å². The second kappa shape index (κ2) is 8.97. The maximum absolute atomic E-state index is 6.45. The summed E-state index contributed by atoms with van der Waals surface area (Å²) in [6.45, 7) is 6.40. The van der Waals surface area contributed by atoms with Gasteiger partial charge >= 0.3 is 0 Å². The van der Waals surface area contributed by atoms with Crippen LogP contribution in [0.3, 0.4) is 0 Å². The van der Waals surface area contributed by atoms with Gasteiger partial charge in [-0.2, -0.15) is 0 Å². The van der Waals surface area contributed by atoms with E-state index in [-0.39, 0.29) is 0 Å². The zero-order valence-electron chi connectivity index (χ0n) is 16.5. The summed E-state index contributed by atoms with van der Waals surface area (Å²) in [5.74, 6) is 0. The first kappa shape index (κ1) is 20.7. The van der Waals surface area contributed by atoms with Crippen LogP contribution >= 0.6 is 23.2 Å². The smallest absolute Gasteiger partial charge is 0.101 e. The molecule has 4 nitrogen and oxygen atoms in total. The average Bonchev–Trinajstić information content (AvgIpc) is 2.63. The van der Waals surface area contributed by atoms with Gasteiger partial charge in [-0.05, 0) is 44.0 Å². The minimum atomic E-state index is 0.398. The van der Waals surface area contributed by atoms with Gasteiger partial charge in [0.15, 0.2) is 0 Å². The lowest BCUT2D eigenvalue weighted by atomic mass is 10.0. The van der Waals surface area contributed by atoms with Crippen LogP contribution in [0.2, 0.25) is 10.0 Å². The molecular weight excluding hydrogens is 391 g/mol. The van der Waals surface area contributed by atoms with Gasteiger partial charge in [0, 0.05) is 28.0 Å². The van der Waals surface area contributed by atoms with Crippen molar-refractivity contribution in [2.75, 3.05) is 11.1 Å². The first-order valence-corrected chi connectivity index (χ1v) is 10.5. The zero-order valence-corrected chi connectivity index (χ0v) is 18.0. The Morgan fingerprint density at radius 2 is 1.82 bits per heavy atom. The van der Waals surface area contributed by atoms with Crippen LogP contribution in [0.1, 0.15) is 45.2 Å². The van der Waals surface area contributed by atoms with E-state index in [1.165, 1.54) is 0 Å². The fourth-order valence-corrected chi connectivity index (χ4v) is 4.09. The summed E-state index contributed by atoms with van der Waals surface area (Å²) < 4.78 is 0. The van der Waals surface area contributed by atoms with Crippen molar-refractivity contribution in [2.45, 2.75) is 52.5 Å². The summed E-state index contributed by atoms with van der Waals surface area (Å²) >= 11 is 12.5. The summed E-state index contributed by atoms with van der Waals surface area (Å²) in [5.41, 5.74) is 11.1. The minimum Gasteiger partial charge on any atom is -0.397 e. The van der Waals surface area contributed by atoms with E-state index in [2.05, 4.69) is 30.2 Å². The van der Waals surface area contributed by atoms with Crippen LogP contribution in [0.15, 0.2) is 30.5 Å². The van der Waals surface area contributed by atoms with Crippen molar-refractivity contribution in [3.05, 3.63) is 46.2 Å². The minimum absolute atomic E-state index is 0.398. The van der Waals surface area contributed by atoms with Crippen molar-refractivity contribution in [2.24, 2.45) is 0 Å². The number of pyridine rings is 2. The third kappa shape index (κ3) is 4.34. The second-order valence-corrected chi connectivity index (χ2v) is 7.98. The Hall–Kier alpha value is -2.04. The van der Waals surface area contributed by atoms with E-state index in [1.54, 1.807) is 18.3 Å². The number of anilines is 2. The predicted molar refractivity (Wildman–Crippen MR) is 121 cm³/mol. The highest BCUT2D eigenvalue weighted by molar-refractivity contribution is 6.36. The Labute approximate surface area is 176 Å². The predicted octanol–water partition coefficient (Wildman–Crippen LogP) is 6.87. The second-order valence-electron chi connectivity index (χ2n) is 7.14. The largest absolute Gasteiger partial charge is 0.397 e. The molecule has 0 spiro atoms. The van der Waals surface area contributed by atoms with Crippen molar-refractivity contribution in [3.8, 4) is 11.3 Å². The summed E-state index contributed by atoms with van der Waals surface area (Å²) in [5, 5.41) is 5.72. The molecule has 3 rings (SSSR count). The van der Waals surface area contributed by atoms with Crippen LogP contribution < -0.4 is 11.1 Å². The van der Waals surface area contributed by atoms with E-state index in [9.17, 15) is 0 Å². The van der Waals surface area contributed by atoms with E-state index in [1.807, 2.05) is 13.0 Å². The summed E-state index contributed by atoms with van der Waals surface area (Å²) in [7, 11) is 0. The van der Waals surface area contributed by atoms with Crippen molar-refractivity contribution >= 4 is 45.5 Å². The molecule has 6 heteroatoms. The Kier molecular flexibility index (Phi) is 6.63. The van der Waals surface area contributed by atoms with Crippen molar-refractivity contribution < 1.29 is 0 Å². The number of nitrogen functional groups attached to an aromatic ring is 1. The molecule has 0 aliphatic heterocycles. The molecule has 2 aromatic heterocycles. The van der Waals surface area contributed by atoms with Crippen LogP contribution in [0.4, 0.5) is 11.4 Å². The molecule has 0 unspecified atom stereocenters. The SMILES string of the molecule is CCCC(CCC)Nc1cc(C)nc2c(-c3ccc(Cl)cc3Cl)ncc(N)c12. The normalized spacial score (nSPS) is 11.4. The van der Waals surface area contributed by atoms with Gasteiger partial charge in [-0.3, -0.25) is 9.97 Å². The van der Waals surface area contributed by atoms with Gasteiger partial charge in [0.2, 0.25) is 0 Å². The third-order valence-corrected chi connectivity index (χ3v) is 5.36. The fraction of sp³-hybridized carbons (Fsp3) is 0.364. The van der Waals surface area contributed by atoms with Crippen LogP contribution in [0.25, 0.3) is 22.2 Å². The molecule has 0 atom stereocenters. The lowest BCUT2D eigenvalue weighted by Crippen LogP contribution is -2.19. The first-order valence-electron chi connectivity index (χ1n) is 9.72. The molecule has 0 saturated carbocycles. The molecule has 0 aliphatic carbocycles. The molecule has 28 heavy (non-hydrogen) atoms. The molecule has 0 amide bonds. The molecule has 0 fully saturated rings. The molecule has 3 aromatic rings. The molecular formula is C22H26Cl2N4. The highest BCUT2D eigenvalue weighted by atomic mass is 35.5. The van der Waals surface area contributed by atoms with Crippen LogP contribution in [-0.4, -0.2) is 16.0 Å². The Morgan fingerprint density at radius 3 is 2.46 bits per heavy atom. The molecule has 0 aliphatic rings. The molecule has 0 bridgehead atoms. The molecule has 3 N–H and O–H groups in total. The van der Waals surface area contributed by atoms with Crippen LogP contribution in [0, 0.1) is 6.92 Å². The molecule has 0 saturated heterocycles. The van der Waals surface area contributed by atoms with E-state index >= 15 is 0 Å². The van der Waals surface area contributed by atoms with Gasteiger partial charge in [-0.1, -0.05) is 49.9 Å². The van der Waals surface area contributed by atoms with Gasteiger partial charge in [0.1, 0.15) is 5.52 Å².